The fourth-order valence-corrected chi connectivity index (χ4v) is 5.61. The SMILES string of the molecule is CCCCCCCCCCOc1ccc(-c2ccc(SC(=O)c3ccc(O[C@@H](C)CCCCCC)cc3)cc2)cc1. The normalized spacial score (nSPS) is 11.8. The van der Waals surface area contributed by atoms with Gasteiger partial charge in [-0.05, 0) is 97.6 Å². The van der Waals surface area contributed by atoms with E-state index in [9.17, 15) is 4.79 Å². The first-order chi connectivity index (χ1) is 20.1. The maximum atomic E-state index is 12.8. The molecule has 4 heteroatoms. The fourth-order valence-electron chi connectivity index (χ4n) is 4.87. The minimum absolute atomic E-state index is 0.0370. The van der Waals surface area contributed by atoms with Crippen molar-refractivity contribution in [3.05, 3.63) is 78.4 Å². The van der Waals surface area contributed by atoms with Crippen molar-refractivity contribution in [1.29, 1.82) is 0 Å². The van der Waals surface area contributed by atoms with E-state index in [1.54, 1.807) is 0 Å². The summed E-state index contributed by atoms with van der Waals surface area (Å²) in [5.74, 6) is 1.75. The van der Waals surface area contributed by atoms with Crippen molar-refractivity contribution < 1.29 is 14.3 Å². The molecule has 0 N–H and O–H groups in total. The van der Waals surface area contributed by atoms with Gasteiger partial charge in [0.1, 0.15) is 11.5 Å². The van der Waals surface area contributed by atoms with Gasteiger partial charge >= 0.3 is 0 Å². The Labute approximate surface area is 253 Å². The smallest absolute Gasteiger partial charge is 0.224 e. The Morgan fingerprint density at radius 1 is 0.634 bits per heavy atom. The number of carbonyl (C=O) groups excluding carboxylic acids is 1. The van der Waals surface area contributed by atoms with E-state index in [0.717, 1.165) is 47.0 Å². The van der Waals surface area contributed by atoms with Crippen LogP contribution >= 0.6 is 11.8 Å². The third-order valence-corrected chi connectivity index (χ3v) is 8.34. The zero-order chi connectivity index (χ0) is 29.1. The Morgan fingerprint density at radius 3 is 1.76 bits per heavy atom. The second-order valence-corrected chi connectivity index (χ2v) is 12.1. The van der Waals surface area contributed by atoms with Gasteiger partial charge in [-0.15, -0.1) is 0 Å². The summed E-state index contributed by atoms with van der Waals surface area (Å²) in [4.78, 5) is 13.8. The lowest BCUT2D eigenvalue weighted by atomic mass is 10.1. The van der Waals surface area contributed by atoms with Crippen LogP contribution in [0, 0.1) is 0 Å². The number of carbonyl (C=O) groups is 1. The summed E-state index contributed by atoms with van der Waals surface area (Å²) in [5.41, 5.74) is 2.95. The summed E-state index contributed by atoms with van der Waals surface area (Å²) < 4.78 is 12.0. The molecule has 3 aromatic rings. The molecule has 0 aromatic heterocycles. The van der Waals surface area contributed by atoms with Crippen LogP contribution in [0.1, 0.15) is 115 Å². The molecule has 0 amide bonds. The maximum Gasteiger partial charge on any atom is 0.224 e. The van der Waals surface area contributed by atoms with Crippen molar-refractivity contribution in [2.24, 2.45) is 0 Å². The third-order valence-electron chi connectivity index (χ3n) is 7.41. The number of hydrogen-bond donors (Lipinski definition) is 0. The molecule has 3 aromatic carbocycles. The van der Waals surface area contributed by atoms with Crippen molar-refractivity contribution in [3.63, 3.8) is 0 Å². The quantitative estimate of drug-likeness (QED) is 0.0993. The molecule has 3 nitrogen and oxygen atoms in total. The minimum atomic E-state index is 0.0370. The summed E-state index contributed by atoms with van der Waals surface area (Å²) in [5, 5.41) is 0.0370. The van der Waals surface area contributed by atoms with Gasteiger partial charge in [-0.3, -0.25) is 4.79 Å². The van der Waals surface area contributed by atoms with Crippen LogP contribution in [-0.4, -0.2) is 17.8 Å². The number of unbranched alkanes of at least 4 members (excludes halogenated alkanes) is 10. The van der Waals surface area contributed by atoms with Crippen molar-refractivity contribution in [2.75, 3.05) is 6.61 Å². The molecule has 0 heterocycles. The molecule has 0 unspecified atom stereocenters. The lowest BCUT2D eigenvalue weighted by Crippen LogP contribution is -2.11. The van der Waals surface area contributed by atoms with Crippen LogP contribution in [-0.2, 0) is 0 Å². The van der Waals surface area contributed by atoms with Gasteiger partial charge in [0.05, 0.1) is 12.7 Å². The first kappa shape index (κ1) is 32.8. The van der Waals surface area contributed by atoms with E-state index in [2.05, 4.69) is 45.0 Å². The zero-order valence-electron chi connectivity index (χ0n) is 25.5. The second kappa shape index (κ2) is 19.4. The van der Waals surface area contributed by atoms with Gasteiger partial charge in [-0.2, -0.15) is 0 Å². The highest BCUT2D eigenvalue weighted by molar-refractivity contribution is 8.14. The Balaban J connectivity index is 1.39. The van der Waals surface area contributed by atoms with E-state index in [1.807, 2.05) is 48.5 Å². The minimum Gasteiger partial charge on any atom is -0.494 e. The number of thioether (sulfide) groups is 1. The van der Waals surface area contributed by atoms with Gasteiger partial charge in [0.15, 0.2) is 0 Å². The van der Waals surface area contributed by atoms with Crippen LogP contribution in [0.15, 0.2) is 77.7 Å². The van der Waals surface area contributed by atoms with Gasteiger partial charge < -0.3 is 9.47 Å². The Kier molecular flexibility index (Phi) is 15.5. The molecule has 0 bridgehead atoms. The summed E-state index contributed by atoms with van der Waals surface area (Å²) in [6.45, 7) is 7.39. The van der Waals surface area contributed by atoms with E-state index in [4.69, 9.17) is 9.47 Å². The van der Waals surface area contributed by atoms with Crippen molar-refractivity contribution >= 4 is 16.9 Å². The average molecular weight is 575 g/mol. The first-order valence-electron chi connectivity index (χ1n) is 15.9. The molecule has 0 aliphatic rings. The largest absolute Gasteiger partial charge is 0.494 e. The number of hydrogen-bond acceptors (Lipinski definition) is 4. The molecule has 3 rings (SSSR count). The van der Waals surface area contributed by atoms with E-state index in [1.165, 1.54) is 82.4 Å². The average Bonchev–Trinajstić information content (AvgIpc) is 2.99. The van der Waals surface area contributed by atoms with Gasteiger partial charge in [-0.1, -0.05) is 102 Å². The second-order valence-electron chi connectivity index (χ2n) is 11.1. The molecule has 0 aliphatic heterocycles. The standard InChI is InChI=1S/C37H50O3S/c1-4-6-8-10-11-12-13-15-29-39-34-23-17-31(18-24-34)32-21-27-36(28-22-32)41-37(38)33-19-25-35(26-20-33)40-30(3)16-14-9-7-5-2/h17-28,30H,4-16,29H2,1-3H3/t30-/m0/s1. The molecule has 0 spiro atoms. The van der Waals surface area contributed by atoms with Crippen LogP contribution in [0.25, 0.3) is 11.1 Å². The van der Waals surface area contributed by atoms with Crippen LogP contribution in [0.2, 0.25) is 0 Å². The van der Waals surface area contributed by atoms with Gasteiger partial charge in [0, 0.05) is 10.5 Å². The molecular formula is C37H50O3S. The lowest BCUT2D eigenvalue weighted by molar-refractivity contribution is 0.108. The number of rotatable bonds is 20. The van der Waals surface area contributed by atoms with E-state index in [0.29, 0.717) is 5.56 Å². The summed E-state index contributed by atoms with van der Waals surface area (Å²) >= 11 is 1.26. The third kappa shape index (κ3) is 12.8. The summed E-state index contributed by atoms with van der Waals surface area (Å²) in [6.07, 6.45) is 16.7. The highest BCUT2D eigenvalue weighted by Gasteiger charge is 2.10. The van der Waals surface area contributed by atoms with Crippen LogP contribution < -0.4 is 9.47 Å². The first-order valence-corrected chi connectivity index (χ1v) is 16.7. The van der Waals surface area contributed by atoms with Crippen molar-refractivity contribution in [1.82, 2.24) is 0 Å². The van der Waals surface area contributed by atoms with Crippen molar-refractivity contribution in [3.8, 4) is 22.6 Å². The maximum absolute atomic E-state index is 12.8. The molecule has 41 heavy (non-hydrogen) atoms. The van der Waals surface area contributed by atoms with Gasteiger partial charge in [0.2, 0.25) is 5.12 Å². The van der Waals surface area contributed by atoms with E-state index in [-0.39, 0.29) is 11.2 Å². The van der Waals surface area contributed by atoms with Gasteiger partial charge in [0.25, 0.3) is 0 Å². The number of benzene rings is 3. The molecule has 0 aliphatic carbocycles. The van der Waals surface area contributed by atoms with Gasteiger partial charge in [-0.25, -0.2) is 0 Å². The van der Waals surface area contributed by atoms with Crippen molar-refractivity contribution in [2.45, 2.75) is 115 Å². The van der Waals surface area contributed by atoms with E-state index < -0.39 is 0 Å². The monoisotopic (exact) mass is 574 g/mol. The van der Waals surface area contributed by atoms with Crippen LogP contribution in [0.3, 0.4) is 0 Å². The summed E-state index contributed by atoms with van der Waals surface area (Å²) in [6, 6.07) is 24.0. The fraction of sp³-hybridized carbons (Fsp3) is 0.486. The Morgan fingerprint density at radius 2 is 1.15 bits per heavy atom. The zero-order valence-corrected chi connectivity index (χ0v) is 26.4. The molecule has 0 saturated carbocycles. The van der Waals surface area contributed by atoms with Crippen LogP contribution in [0.4, 0.5) is 0 Å². The Bertz CT molecular complexity index is 1110. The van der Waals surface area contributed by atoms with Crippen LogP contribution in [0.5, 0.6) is 11.5 Å². The molecule has 0 radical (unpaired) electrons. The number of ether oxygens (including phenoxy) is 2. The highest BCUT2D eigenvalue weighted by Crippen LogP contribution is 2.28. The molecular weight excluding hydrogens is 524 g/mol. The Hall–Kier alpha value is -2.72. The molecule has 222 valence electrons. The highest BCUT2D eigenvalue weighted by atomic mass is 32.2. The molecule has 1 atom stereocenters. The molecule has 0 saturated heterocycles. The predicted molar refractivity (Wildman–Crippen MR) is 175 cm³/mol. The predicted octanol–water partition coefficient (Wildman–Crippen LogP) is 11.5. The summed E-state index contributed by atoms with van der Waals surface area (Å²) in [7, 11) is 0. The topological polar surface area (TPSA) is 35.5 Å². The lowest BCUT2D eigenvalue weighted by Gasteiger charge is -2.14. The molecule has 0 fully saturated rings. The van der Waals surface area contributed by atoms with E-state index >= 15 is 0 Å².